The van der Waals surface area contributed by atoms with E-state index in [1.807, 2.05) is 26.8 Å². The molecule has 1 aliphatic heterocycles. The standard InChI is InChI=1S/C19H28N6/c1-12(2)19-21-13(3)10-17(24-19)23-16-6-8-25(9-7-16)18-11-14(4)20-15(5)22-18/h10-12,16H,6-9H2,1-5H3,(H,21,23,24). The molecule has 3 heterocycles. The molecule has 0 unspecified atom stereocenters. The van der Waals surface area contributed by atoms with E-state index in [2.05, 4.69) is 50.1 Å². The minimum atomic E-state index is 0.339. The molecule has 6 nitrogen and oxygen atoms in total. The molecule has 0 atom stereocenters. The topological polar surface area (TPSA) is 66.8 Å². The van der Waals surface area contributed by atoms with E-state index in [4.69, 9.17) is 0 Å². The molecule has 0 bridgehead atoms. The molecule has 0 aliphatic carbocycles. The van der Waals surface area contributed by atoms with Crippen LogP contribution < -0.4 is 10.2 Å². The molecule has 0 spiro atoms. The minimum absolute atomic E-state index is 0.339. The molecule has 0 radical (unpaired) electrons. The average Bonchev–Trinajstić information content (AvgIpc) is 2.54. The Bertz CT molecular complexity index is 714. The summed E-state index contributed by atoms with van der Waals surface area (Å²) in [5.74, 6) is 4.08. The lowest BCUT2D eigenvalue weighted by Gasteiger charge is -2.33. The largest absolute Gasteiger partial charge is 0.367 e. The van der Waals surface area contributed by atoms with Gasteiger partial charge in [0.1, 0.15) is 23.3 Å². The number of piperidine rings is 1. The third kappa shape index (κ3) is 4.44. The molecule has 2 aromatic heterocycles. The Morgan fingerprint density at radius 2 is 1.64 bits per heavy atom. The fraction of sp³-hybridized carbons (Fsp3) is 0.579. The number of nitrogens with one attached hydrogen (secondary N) is 1. The zero-order valence-electron chi connectivity index (χ0n) is 15.9. The number of hydrogen-bond donors (Lipinski definition) is 1. The second-order valence-electron chi connectivity index (χ2n) is 7.23. The maximum Gasteiger partial charge on any atom is 0.133 e. The van der Waals surface area contributed by atoms with Crippen LogP contribution in [-0.2, 0) is 0 Å². The van der Waals surface area contributed by atoms with Crippen molar-refractivity contribution in [1.82, 2.24) is 19.9 Å². The van der Waals surface area contributed by atoms with Gasteiger partial charge in [0.2, 0.25) is 0 Å². The summed E-state index contributed by atoms with van der Waals surface area (Å²) in [7, 11) is 0. The summed E-state index contributed by atoms with van der Waals surface area (Å²) in [6.45, 7) is 12.3. The Morgan fingerprint density at radius 1 is 0.960 bits per heavy atom. The van der Waals surface area contributed by atoms with Crippen LogP contribution in [0.1, 0.15) is 55.6 Å². The van der Waals surface area contributed by atoms with Gasteiger partial charge in [-0.05, 0) is 33.6 Å². The summed E-state index contributed by atoms with van der Waals surface area (Å²) in [4.78, 5) is 20.5. The van der Waals surface area contributed by atoms with E-state index in [-0.39, 0.29) is 0 Å². The molecular formula is C19H28N6. The molecule has 2 aromatic rings. The van der Waals surface area contributed by atoms with Crippen LogP contribution >= 0.6 is 0 Å². The number of aryl methyl sites for hydroxylation is 3. The summed E-state index contributed by atoms with van der Waals surface area (Å²) in [5, 5.41) is 3.60. The fourth-order valence-corrected chi connectivity index (χ4v) is 3.25. The van der Waals surface area contributed by atoms with E-state index < -0.39 is 0 Å². The molecule has 1 aliphatic rings. The Hall–Kier alpha value is -2.24. The number of rotatable bonds is 4. The lowest BCUT2D eigenvalue weighted by Crippen LogP contribution is -2.39. The van der Waals surface area contributed by atoms with Crippen LogP contribution in [0.15, 0.2) is 12.1 Å². The van der Waals surface area contributed by atoms with Gasteiger partial charge in [-0.3, -0.25) is 0 Å². The highest BCUT2D eigenvalue weighted by atomic mass is 15.2. The van der Waals surface area contributed by atoms with Crippen LogP contribution in [0.2, 0.25) is 0 Å². The monoisotopic (exact) mass is 340 g/mol. The molecule has 134 valence electrons. The first kappa shape index (κ1) is 17.6. The zero-order valence-corrected chi connectivity index (χ0v) is 15.9. The smallest absolute Gasteiger partial charge is 0.133 e. The molecule has 1 fully saturated rings. The normalized spacial score (nSPS) is 15.7. The Balaban J connectivity index is 1.63. The van der Waals surface area contributed by atoms with E-state index in [1.54, 1.807) is 0 Å². The van der Waals surface area contributed by atoms with Crippen molar-refractivity contribution < 1.29 is 0 Å². The molecule has 0 saturated carbocycles. The summed E-state index contributed by atoms with van der Waals surface area (Å²) in [6, 6.07) is 4.55. The number of aromatic nitrogens is 4. The van der Waals surface area contributed by atoms with Crippen molar-refractivity contribution in [3.63, 3.8) is 0 Å². The maximum absolute atomic E-state index is 4.67. The van der Waals surface area contributed by atoms with Crippen molar-refractivity contribution in [1.29, 1.82) is 0 Å². The molecule has 1 N–H and O–H groups in total. The SMILES string of the molecule is Cc1cc(N2CCC(Nc3cc(C)nc(C(C)C)n3)CC2)nc(C)n1. The van der Waals surface area contributed by atoms with Crippen molar-refractivity contribution in [3.8, 4) is 0 Å². The van der Waals surface area contributed by atoms with Gasteiger partial charge in [0.15, 0.2) is 0 Å². The summed E-state index contributed by atoms with van der Waals surface area (Å²) in [5.41, 5.74) is 2.05. The van der Waals surface area contributed by atoms with Gasteiger partial charge in [0, 0.05) is 48.6 Å². The van der Waals surface area contributed by atoms with E-state index in [0.29, 0.717) is 12.0 Å². The highest BCUT2D eigenvalue weighted by Gasteiger charge is 2.21. The van der Waals surface area contributed by atoms with Crippen LogP contribution in [0, 0.1) is 20.8 Å². The summed E-state index contributed by atoms with van der Waals surface area (Å²) < 4.78 is 0. The minimum Gasteiger partial charge on any atom is -0.367 e. The van der Waals surface area contributed by atoms with Crippen molar-refractivity contribution in [2.45, 2.75) is 59.4 Å². The van der Waals surface area contributed by atoms with E-state index in [9.17, 15) is 0 Å². The first-order chi connectivity index (χ1) is 11.9. The van der Waals surface area contributed by atoms with E-state index in [1.165, 1.54) is 0 Å². The molecule has 0 amide bonds. The van der Waals surface area contributed by atoms with Gasteiger partial charge in [-0.25, -0.2) is 19.9 Å². The van der Waals surface area contributed by atoms with Gasteiger partial charge in [-0.1, -0.05) is 13.8 Å². The lowest BCUT2D eigenvalue weighted by molar-refractivity contribution is 0.521. The molecule has 0 aromatic carbocycles. The number of anilines is 2. The third-order valence-electron chi connectivity index (χ3n) is 4.51. The summed E-state index contributed by atoms with van der Waals surface area (Å²) in [6.07, 6.45) is 2.14. The molecule has 1 saturated heterocycles. The van der Waals surface area contributed by atoms with Crippen molar-refractivity contribution >= 4 is 11.6 Å². The van der Waals surface area contributed by atoms with Crippen LogP contribution in [0.25, 0.3) is 0 Å². The summed E-state index contributed by atoms with van der Waals surface area (Å²) >= 11 is 0. The van der Waals surface area contributed by atoms with Gasteiger partial charge in [-0.15, -0.1) is 0 Å². The van der Waals surface area contributed by atoms with Crippen molar-refractivity contribution in [2.24, 2.45) is 0 Å². The van der Waals surface area contributed by atoms with Gasteiger partial charge in [0.05, 0.1) is 0 Å². The zero-order chi connectivity index (χ0) is 18.0. The highest BCUT2D eigenvalue weighted by molar-refractivity contribution is 5.42. The van der Waals surface area contributed by atoms with Crippen molar-refractivity contribution in [2.75, 3.05) is 23.3 Å². The first-order valence-corrected chi connectivity index (χ1v) is 9.10. The Morgan fingerprint density at radius 3 is 2.28 bits per heavy atom. The molecule has 6 heteroatoms. The van der Waals surface area contributed by atoms with Crippen LogP contribution in [-0.4, -0.2) is 39.1 Å². The maximum atomic E-state index is 4.67. The highest BCUT2D eigenvalue weighted by Crippen LogP contribution is 2.22. The van der Waals surface area contributed by atoms with E-state index in [0.717, 1.165) is 60.6 Å². The predicted octanol–water partition coefficient (Wildman–Crippen LogP) is 3.40. The molecule has 25 heavy (non-hydrogen) atoms. The number of nitrogens with zero attached hydrogens (tertiary/aromatic N) is 5. The van der Waals surface area contributed by atoms with E-state index >= 15 is 0 Å². The number of hydrogen-bond acceptors (Lipinski definition) is 6. The van der Waals surface area contributed by atoms with Gasteiger partial charge in [0.25, 0.3) is 0 Å². The fourth-order valence-electron chi connectivity index (χ4n) is 3.25. The average molecular weight is 340 g/mol. The predicted molar refractivity (Wildman–Crippen MR) is 101 cm³/mol. The van der Waals surface area contributed by atoms with Crippen LogP contribution in [0.3, 0.4) is 0 Å². The quantitative estimate of drug-likeness (QED) is 0.920. The third-order valence-corrected chi connectivity index (χ3v) is 4.51. The Kier molecular flexibility index (Phi) is 5.16. The first-order valence-electron chi connectivity index (χ1n) is 9.10. The van der Waals surface area contributed by atoms with Crippen molar-refractivity contribution in [3.05, 3.63) is 35.2 Å². The van der Waals surface area contributed by atoms with Gasteiger partial charge >= 0.3 is 0 Å². The second-order valence-corrected chi connectivity index (χ2v) is 7.23. The molecule has 3 rings (SSSR count). The second kappa shape index (κ2) is 7.33. The van der Waals surface area contributed by atoms with Crippen LogP contribution in [0.5, 0.6) is 0 Å². The lowest BCUT2D eigenvalue weighted by atomic mass is 10.0. The van der Waals surface area contributed by atoms with Gasteiger partial charge < -0.3 is 10.2 Å². The van der Waals surface area contributed by atoms with Crippen LogP contribution in [0.4, 0.5) is 11.6 Å². The van der Waals surface area contributed by atoms with Gasteiger partial charge in [-0.2, -0.15) is 0 Å². The molecular weight excluding hydrogens is 312 g/mol. The Labute approximate surface area is 150 Å².